The smallest absolute Gasteiger partial charge is 0.253 e. The van der Waals surface area contributed by atoms with Crippen LogP contribution in [0.15, 0.2) is 131 Å². The van der Waals surface area contributed by atoms with Crippen LogP contribution in [-0.4, -0.2) is 126 Å². The molecule has 4 heterocycles. The number of benzene rings is 4. The predicted octanol–water partition coefficient (Wildman–Crippen LogP) is 6.81. The Morgan fingerprint density at radius 2 is 1.67 bits per heavy atom. The van der Waals surface area contributed by atoms with E-state index in [1.807, 2.05) is 82.2 Å². The summed E-state index contributed by atoms with van der Waals surface area (Å²) < 4.78 is 62.3. The highest BCUT2D eigenvalue weighted by Crippen LogP contribution is 2.35. The number of amides is 2. The van der Waals surface area contributed by atoms with Gasteiger partial charge in [0.05, 0.1) is 58.5 Å². The fraction of sp³-hybridized carbons (Fsp3) is 0.260. The van der Waals surface area contributed by atoms with E-state index in [2.05, 4.69) is 51.2 Å². The summed E-state index contributed by atoms with van der Waals surface area (Å²) in [4.78, 5) is 46.6. The molecular formula is C50H53BrFN13O7S. The van der Waals surface area contributed by atoms with Crippen molar-refractivity contribution in [3.8, 4) is 22.8 Å². The van der Waals surface area contributed by atoms with Gasteiger partial charge >= 0.3 is 0 Å². The SMILES string of the molecule is CN(C/C=C/C(=O)N1CCC[C@@H](n2nc(-c3ccc(Oc4ccccc4)cc3)c3c(N)ncnc32)C1)CCOCCOCCNS(=O)(=O)c1ccc(Nc2ncc(Br)c(Nc3cccc(F)c3C(N)=O)n2)cc1. The molecule has 1 atom stereocenters. The Morgan fingerprint density at radius 1 is 0.918 bits per heavy atom. The summed E-state index contributed by atoms with van der Waals surface area (Å²) in [6.07, 6.45) is 7.96. The van der Waals surface area contributed by atoms with Crippen molar-refractivity contribution in [1.82, 2.24) is 44.2 Å². The van der Waals surface area contributed by atoms with Crippen molar-refractivity contribution in [3.05, 3.63) is 138 Å². The first-order valence-electron chi connectivity index (χ1n) is 23.2. The van der Waals surface area contributed by atoms with E-state index in [0.717, 1.165) is 30.2 Å². The number of sulfonamides is 1. The number of para-hydroxylation sites is 1. The van der Waals surface area contributed by atoms with Crippen molar-refractivity contribution in [3.63, 3.8) is 0 Å². The van der Waals surface area contributed by atoms with E-state index in [-0.39, 0.29) is 59.6 Å². The number of rotatable bonds is 23. The minimum absolute atomic E-state index is 0.0408. The number of fused-ring (bicyclic) bond motifs is 1. The largest absolute Gasteiger partial charge is 0.457 e. The minimum atomic E-state index is -3.84. The summed E-state index contributed by atoms with van der Waals surface area (Å²) in [6, 6.07) is 27.1. The van der Waals surface area contributed by atoms with Crippen LogP contribution in [0.1, 0.15) is 29.2 Å². The van der Waals surface area contributed by atoms with E-state index >= 15 is 0 Å². The van der Waals surface area contributed by atoms with Crippen LogP contribution in [0.3, 0.4) is 0 Å². The zero-order valence-corrected chi connectivity index (χ0v) is 42.1. The van der Waals surface area contributed by atoms with Gasteiger partial charge in [0.2, 0.25) is 21.9 Å². The number of piperidine rings is 1. The lowest BCUT2D eigenvalue weighted by atomic mass is 10.1. The van der Waals surface area contributed by atoms with Gasteiger partial charge in [-0.2, -0.15) is 10.1 Å². The summed E-state index contributed by atoms with van der Waals surface area (Å²) >= 11 is 3.34. The van der Waals surface area contributed by atoms with Gasteiger partial charge in [-0.1, -0.05) is 30.3 Å². The number of hydrogen-bond donors (Lipinski definition) is 5. The van der Waals surface area contributed by atoms with Crippen LogP contribution in [0.4, 0.5) is 33.3 Å². The molecule has 0 spiro atoms. The highest BCUT2D eigenvalue weighted by atomic mass is 79.9. The lowest BCUT2D eigenvalue weighted by Gasteiger charge is -2.32. The number of halogens is 2. The molecule has 1 fully saturated rings. The van der Waals surface area contributed by atoms with Gasteiger partial charge < -0.3 is 46.1 Å². The Hall–Kier alpha value is -7.41. The van der Waals surface area contributed by atoms with Gasteiger partial charge in [-0.3, -0.25) is 9.59 Å². The maximum Gasteiger partial charge on any atom is 0.253 e. The molecule has 0 radical (unpaired) electrons. The molecule has 0 saturated carbocycles. The van der Waals surface area contributed by atoms with Crippen molar-refractivity contribution in [2.24, 2.45) is 5.73 Å². The van der Waals surface area contributed by atoms with E-state index in [4.69, 9.17) is 30.8 Å². The standard InChI is InChI=1S/C50H53BrFN13O7S/c1-63(23-7-13-42(66)64-24-6-8-35(31-64)65-49-44(46(53)56-32-57-49)45(62-65)33-14-18-37(19-15-33)72-36-9-3-2-4-10-36)25-27-71-29-28-70-26-22-58-73(68,69)38-20-16-34(17-21-38)59-50-55-30-39(51)48(61-50)60-41-12-5-11-40(52)43(41)47(54)67/h2-5,7,9-21,30,32,35,58H,6,8,22-29,31H2,1H3,(H2,54,67)(H2,53,56,57)(H2,55,59,60,61)/b13-7+/t35-/m1/s1. The molecule has 23 heteroatoms. The number of likely N-dealkylation sites (tertiary alicyclic amines) is 1. The second kappa shape index (κ2) is 24.3. The van der Waals surface area contributed by atoms with E-state index in [9.17, 15) is 22.4 Å². The highest BCUT2D eigenvalue weighted by molar-refractivity contribution is 9.10. The molecule has 73 heavy (non-hydrogen) atoms. The van der Waals surface area contributed by atoms with Gasteiger partial charge in [-0.05, 0) is 109 Å². The molecule has 4 aromatic carbocycles. The molecule has 1 aliphatic rings. The maximum absolute atomic E-state index is 14.3. The molecular weight excluding hydrogens is 1030 g/mol. The molecule has 3 aromatic heterocycles. The Morgan fingerprint density at radius 3 is 2.44 bits per heavy atom. The monoisotopic (exact) mass is 1080 g/mol. The van der Waals surface area contributed by atoms with Gasteiger partial charge in [-0.25, -0.2) is 37.2 Å². The van der Waals surface area contributed by atoms with Crippen molar-refractivity contribution in [1.29, 1.82) is 0 Å². The molecule has 2 amide bonds. The van der Waals surface area contributed by atoms with Crippen LogP contribution in [-0.2, 0) is 24.3 Å². The number of primary amides is 1. The second-order valence-electron chi connectivity index (χ2n) is 16.7. The quantitative estimate of drug-likeness (QED) is 0.0326. The van der Waals surface area contributed by atoms with E-state index < -0.39 is 21.7 Å². The fourth-order valence-corrected chi connectivity index (χ4v) is 9.19. The first-order chi connectivity index (χ1) is 35.3. The number of likely N-dealkylation sites (N-methyl/N-ethyl adjacent to an activating group) is 1. The third-order valence-corrected chi connectivity index (χ3v) is 13.6. The van der Waals surface area contributed by atoms with Crippen LogP contribution in [0.5, 0.6) is 11.5 Å². The van der Waals surface area contributed by atoms with Crippen LogP contribution in [0.2, 0.25) is 0 Å². The van der Waals surface area contributed by atoms with Gasteiger partial charge in [0, 0.05) is 56.2 Å². The molecule has 0 aliphatic carbocycles. The lowest BCUT2D eigenvalue weighted by Crippen LogP contribution is -2.40. The number of ether oxygens (including phenoxy) is 3. The average molecular weight is 1080 g/mol. The van der Waals surface area contributed by atoms with Crippen molar-refractivity contribution in [2.45, 2.75) is 23.8 Å². The maximum atomic E-state index is 14.3. The summed E-state index contributed by atoms with van der Waals surface area (Å²) in [5.41, 5.74) is 14.2. The van der Waals surface area contributed by atoms with E-state index in [1.54, 1.807) is 18.2 Å². The Bertz CT molecular complexity index is 3170. The molecule has 380 valence electrons. The number of nitrogens with zero attached hydrogens (tertiary/aromatic N) is 8. The number of aromatic nitrogens is 6. The number of carbonyl (C=O) groups is 2. The van der Waals surface area contributed by atoms with Gasteiger partial charge in [-0.15, -0.1) is 0 Å². The van der Waals surface area contributed by atoms with E-state index in [0.29, 0.717) is 77.8 Å². The predicted molar refractivity (Wildman–Crippen MR) is 278 cm³/mol. The summed E-state index contributed by atoms with van der Waals surface area (Å²) in [5.74, 6) is 0.324. The fourth-order valence-electron chi connectivity index (χ4n) is 7.88. The van der Waals surface area contributed by atoms with Crippen molar-refractivity contribution >= 4 is 77.8 Å². The van der Waals surface area contributed by atoms with Crippen molar-refractivity contribution in [2.75, 3.05) is 82.6 Å². The van der Waals surface area contributed by atoms with Crippen molar-refractivity contribution < 1.29 is 36.6 Å². The van der Waals surface area contributed by atoms with Crippen LogP contribution in [0, 0.1) is 5.82 Å². The Kier molecular flexibility index (Phi) is 17.3. The molecule has 0 unspecified atom stereocenters. The Balaban J connectivity index is 0.717. The molecule has 8 rings (SSSR count). The van der Waals surface area contributed by atoms with Gasteiger partial charge in [0.15, 0.2) is 5.65 Å². The molecule has 1 saturated heterocycles. The normalized spacial score (nSPS) is 14.0. The first kappa shape index (κ1) is 51.9. The average Bonchev–Trinajstić information content (AvgIpc) is 3.78. The molecule has 7 N–H and O–H groups in total. The number of nitrogens with two attached hydrogens (primary N) is 2. The number of nitrogens with one attached hydrogen (secondary N) is 3. The minimum Gasteiger partial charge on any atom is -0.457 e. The van der Waals surface area contributed by atoms with Gasteiger partial charge in [0.1, 0.15) is 41.0 Å². The Labute approximate surface area is 429 Å². The number of anilines is 5. The highest BCUT2D eigenvalue weighted by Gasteiger charge is 2.28. The summed E-state index contributed by atoms with van der Waals surface area (Å²) in [7, 11) is -1.90. The topological polar surface area (TPSA) is 260 Å². The molecule has 20 nitrogen and oxygen atoms in total. The second-order valence-corrected chi connectivity index (χ2v) is 19.4. The molecule has 1 aliphatic heterocycles. The van der Waals surface area contributed by atoms with Crippen LogP contribution >= 0.6 is 15.9 Å². The van der Waals surface area contributed by atoms with Crippen LogP contribution < -0.4 is 31.6 Å². The van der Waals surface area contributed by atoms with Crippen LogP contribution in [0.25, 0.3) is 22.3 Å². The zero-order chi connectivity index (χ0) is 51.3. The molecule has 0 bridgehead atoms. The number of hydrogen-bond acceptors (Lipinski definition) is 16. The van der Waals surface area contributed by atoms with Gasteiger partial charge in [0.25, 0.3) is 5.91 Å². The third kappa shape index (κ3) is 13.6. The summed E-state index contributed by atoms with van der Waals surface area (Å²) in [6.45, 7) is 3.47. The first-order valence-corrected chi connectivity index (χ1v) is 25.5. The summed E-state index contributed by atoms with van der Waals surface area (Å²) in [5, 5.41) is 11.6. The number of carbonyl (C=O) groups excluding carboxylic acids is 2. The van der Waals surface area contributed by atoms with E-state index in [1.165, 1.54) is 36.8 Å². The number of nitrogen functional groups attached to an aromatic ring is 1. The third-order valence-electron chi connectivity index (χ3n) is 11.6. The zero-order valence-electron chi connectivity index (χ0n) is 39.7. The molecule has 7 aromatic rings. The lowest BCUT2D eigenvalue weighted by molar-refractivity contribution is -0.127.